The summed E-state index contributed by atoms with van der Waals surface area (Å²) in [6.45, 7) is 6.30. The largest absolute Gasteiger partial charge is 0.462 e. The van der Waals surface area contributed by atoms with Gasteiger partial charge in [-0.15, -0.1) is 0 Å². The number of allylic oxidation sites excluding steroid dienone is 18. The average Bonchev–Trinajstić information content (AvgIpc) is 3.28. The Bertz CT molecular complexity index is 1330. The van der Waals surface area contributed by atoms with E-state index in [9.17, 15) is 14.4 Å². The minimum absolute atomic E-state index is 0.111. The minimum Gasteiger partial charge on any atom is -0.462 e. The normalized spacial score (nSPS) is 13.0. The lowest BCUT2D eigenvalue weighted by molar-refractivity contribution is -0.167. The van der Waals surface area contributed by atoms with Crippen molar-refractivity contribution >= 4 is 17.9 Å². The molecule has 0 saturated heterocycles. The second-order valence-corrected chi connectivity index (χ2v) is 16.4. The van der Waals surface area contributed by atoms with Gasteiger partial charge in [-0.25, -0.2) is 0 Å². The third-order valence-corrected chi connectivity index (χ3v) is 10.4. The van der Waals surface area contributed by atoms with Crippen LogP contribution in [-0.4, -0.2) is 37.2 Å². The van der Waals surface area contributed by atoms with Crippen LogP contribution in [0, 0.1) is 0 Å². The standard InChI is InChI=1S/C57H92O6/c1-4-7-10-13-16-19-22-25-27-29-32-35-38-41-44-47-50-56(59)62-53-54(52-61-55(58)49-46-43-40-37-34-31-24-21-18-15-12-9-6-3)63-57(60)51-48-45-42-39-36-33-30-28-26-23-20-17-14-11-8-5-2/h7,9-10,12,15-16,18-19,21,24-25,27-28,30-31,33-34,36,54H,4-6,8,11,13-14,17,20,22-23,26,29,32,35,37-53H2,1-3H3/b10-7+,12-9+,18-15+,19-16+,24-21+,27-25+,30-28+,34-31+,36-33+. The number of rotatable bonds is 44. The lowest BCUT2D eigenvalue weighted by atomic mass is 10.1. The van der Waals surface area contributed by atoms with Crippen LogP contribution in [0.5, 0.6) is 0 Å². The Morgan fingerprint density at radius 3 is 1.19 bits per heavy atom. The summed E-state index contributed by atoms with van der Waals surface area (Å²) >= 11 is 0. The summed E-state index contributed by atoms with van der Waals surface area (Å²) < 4.78 is 16.7. The molecule has 1 unspecified atom stereocenters. The lowest BCUT2D eigenvalue weighted by Crippen LogP contribution is -2.30. The van der Waals surface area contributed by atoms with E-state index in [1.807, 2.05) is 36.5 Å². The molecule has 0 fully saturated rings. The van der Waals surface area contributed by atoms with E-state index in [-0.39, 0.29) is 37.5 Å². The van der Waals surface area contributed by atoms with Crippen LogP contribution in [0.25, 0.3) is 0 Å². The van der Waals surface area contributed by atoms with Crippen molar-refractivity contribution in [3.63, 3.8) is 0 Å². The number of unbranched alkanes of at least 4 members (excludes halogenated alkanes) is 19. The maximum atomic E-state index is 12.8. The molecule has 0 amide bonds. The third kappa shape index (κ3) is 49.0. The molecule has 0 saturated carbocycles. The molecular weight excluding hydrogens is 781 g/mol. The van der Waals surface area contributed by atoms with Crippen molar-refractivity contribution in [2.75, 3.05) is 13.2 Å². The molecule has 63 heavy (non-hydrogen) atoms. The van der Waals surface area contributed by atoms with E-state index in [2.05, 4.69) is 93.7 Å². The molecule has 0 aromatic rings. The zero-order valence-corrected chi connectivity index (χ0v) is 40.5. The lowest BCUT2D eigenvalue weighted by Gasteiger charge is -2.18. The van der Waals surface area contributed by atoms with Gasteiger partial charge in [0.25, 0.3) is 0 Å². The van der Waals surface area contributed by atoms with E-state index < -0.39 is 6.10 Å². The van der Waals surface area contributed by atoms with Gasteiger partial charge in [-0.05, 0) is 96.3 Å². The number of carbonyl (C=O) groups is 3. The zero-order valence-electron chi connectivity index (χ0n) is 40.5. The molecule has 0 bridgehead atoms. The quantitative estimate of drug-likeness (QED) is 0.0199. The first-order valence-electron chi connectivity index (χ1n) is 25.5. The molecule has 0 aliphatic heterocycles. The first-order valence-corrected chi connectivity index (χ1v) is 25.5. The predicted octanol–water partition coefficient (Wildman–Crippen LogP) is 16.8. The van der Waals surface area contributed by atoms with E-state index in [0.29, 0.717) is 12.8 Å². The molecule has 6 heteroatoms. The molecule has 0 spiro atoms. The van der Waals surface area contributed by atoms with E-state index in [1.165, 1.54) is 57.8 Å². The molecule has 0 aliphatic carbocycles. The number of hydrogen-bond acceptors (Lipinski definition) is 6. The Hall–Kier alpha value is -3.93. The van der Waals surface area contributed by atoms with E-state index in [4.69, 9.17) is 14.2 Å². The van der Waals surface area contributed by atoms with Gasteiger partial charge in [0.2, 0.25) is 0 Å². The van der Waals surface area contributed by atoms with E-state index in [1.54, 1.807) is 0 Å². The van der Waals surface area contributed by atoms with Crippen molar-refractivity contribution in [2.45, 2.75) is 219 Å². The number of hydrogen-bond donors (Lipinski definition) is 0. The van der Waals surface area contributed by atoms with Crippen LogP contribution in [0.3, 0.4) is 0 Å². The molecule has 0 rings (SSSR count). The van der Waals surface area contributed by atoms with Gasteiger partial charge >= 0.3 is 17.9 Å². The highest BCUT2D eigenvalue weighted by atomic mass is 16.6. The van der Waals surface area contributed by atoms with Crippen LogP contribution in [0.4, 0.5) is 0 Å². The van der Waals surface area contributed by atoms with E-state index >= 15 is 0 Å². The molecule has 6 nitrogen and oxygen atoms in total. The van der Waals surface area contributed by atoms with E-state index in [0.717, 1.165) is 116 Å². The number of ether oxygens (including phenoxy) is 3. The number of esters is 3. The van der Waals surface area contributed by atoms with Gasteiger partial charge < -0.3 is 14.2 Å². The van der Waals surface area contributed by atoms with Crippen LogP contribution in [0.2, 0.25) is 0 Å². The minimum atomic E-state index is -0.815. The number of carbonyl (C=O) groups excluding carboxylic acids is 3. The topological polar surface area (TPSA) is 78.9 Å². The zero-order chi connectivity index (χ0) is 45.8. The molecule has 0 aliphatic rings. The third-order valence-electron chi connectivity index (χ3n) is 10.4. The molecule has 1 atom stereocenters. The summed E-state index contributed by atoms with van der Waals surface area (Å²) in [6.07, 6.45) is 67.9. The Balaban J connectivity index is 4.52. The maximum Gasteiger partial charge on any atom is 0.306 e. The van der Waals surface area contributed by atoms with Crippen molar-refractivity contribution in [3.8, 4) is 0 Å². The second-order valence-electron chi connectivity index (χ2n) is 16.4. The van der Waals surface area contributed by atoms with Crippen molar-refractivity contribution in [1.29, 1.82) is 0 Å². The molecule has 0 radical (unpaired) electrons. The SMILES string of the molecule is CC/C=C/C=C/C=C/C=C/CCCCCC(=O)OCC(COC(=O)CCCCCCCC/C=C/C/C=C/C/C=C/CC)OC(=O)CCCCC/C=C/C=C/CCCCCCCCC. The van der Waals surface area contributed by atoms with Gasteiger partial charge in [-0.2, -0.15) is 0 Å². The highest BCUT2D eigenvalue weighted by Crippen LogP contribution is 2.13. The van der Waals surface area contributed by atoms with Crippen molar-refractivity contribution in [1.82, 2.24) is 0 Å². The maximum absolute atomic E-state index is 12.8. The van der Waals surface area contributed by atoms with Crippen molar-refractivity contribution in [3.05, 3.63) is 109 Å². The predicted molar refractivity (Wildman–Crippen MR) is 270 cm³/mol. The fraction of sp³-hybridized carbons (Fsp3) is 0.632. The second kappa shape index (κ2) is 50.7. The van der Waals surface area contributed by atoms with Crippen LogP contribution >= 0.6 is 0 Å². The fourth-order valence-electron chi connectivity index (χ4n) is 6.57. The van der Waals surface area contributed by atoms with Crippen LogP contribution in [-0.2, 0) is 28.6 Å². The smallest absolute Gasteiger partial charge is 0.306 e. The molecular formula is C57H92O6. The van der Waals surface area contributed by atoms with Gasteiger partial charge in [-0.1, -0.05) is 207 Å². The monoisotopic (exact) mass is 873 g/mol. The fourth-order valence-corrected chi connectivity index (χ4v) is 6.57. The Morgan fingerprint density at radius 1 is 0.349 bits per heavy atom. The van der Waals surface area contributed by atoms with Crippen LogP contribution in [0.15, 0.2) is 109 Å². The molecule has 0 aromatic carbocycles. The Morgan fingerprint density at radius 2 is 0.698 bits per heavy atom. The highest BCUT2D eigenvalue weighted by molar-refractivity contribution is 5.71. The molecule has 356 valence electrons. The molecule has 0 heterocycles. The summed E-state index contributed by atoms with van der Waals surface area (Å²) in [5.74, 6) is -0.996. The van der Waals surface area contributed by atoms with Crippen molar-refractivity contribution < 1.29 is 28.6 Å². The molecule has 0 N–H and O–H groups in total. The van der Waals surface area contributed by atoms with Gasteiger partial charge in [0.05, 0.1) is 0 Å². The van der Waals surface area contributed by atoms with Crippen LogP contribution in [0.1, 0.15) is 213 Å². The Kier molecular flexibility index (Phi) is 47.5. The van der Waals surface area contributed by atoms with Gasteiger partial charge in [-0.3, -0.25) is 14.4 Å². The Labute approximate surface area is 387 Å². The van der Waals surface area contributed by atoms with Gasteiger partial charge in [0.15, 0.2) is 6.10 Å². The summed E-state index contributed by atoms with van der Waals surface area (Å²) in [4.78, 5) is 37.9. The van der Waals surface area contributed by atoms with Crippen molar-refractivity contribution in [2.24, 2.45) is 0 Å². The molecule has 0 aromatic heterocycles. The summed E-state index contributed by atoms with van der Waals surface area (Å²) in [5.41, 5.74) is 0. The summed E-state index contributed by atoms with van der Waals surface area (Å²) in [7, 11) is 0. The van der Waals surface area contributed by atoms with Gasteiger partial charge in [0, 0.05) is 19.3 Å². The summed E-state index contributed by atoms with van der Waals surface area (Å²) in [5, 5.41) is 0. The highest BCUT2D eigenvalue weighted by Gasteiger charge is 2.19. The first kappa shape index (κ1) is 59.1. The van der Waals surface area contributed by atoms with Gasteiger partial charge in [0.1, 0.15) is 13.2 Å². The first-order chi connectivity index (χ1) is 31.0. The summed E-state index contributed by atoms with van der Waals surface area (Å²) in [6, 6.07) is 0. The average molecular weight is 873 g/mol. The van der Waals surface area contributed by atoms with Crippen LogP contribution < -0.4 is 0 Å².